The molecule has 6 nitrogen and oxygen atoms in total. The van der Waals surface area contributed by atoms with E-state index in [-0.39, 0.29) is 0 Å². The zero-order valence-electron chi connectivity index (χ0n) is 11.3. The molecule has 1 aromatic heterocycles. The van der Waals surface area contributed by atoms with E-state index in [0.29, 0.717) is 43.0 Å². The van der Waals surface area contributed by atoms with Gasteiger partial charge < -0.3 is 20.5 Å². The number of methoxy groups -OCH3 is 1. The van der Waals surface area contributed by atoms with Gasteiger partial charge in [0.15, 0.2) is 5.82 Å². The summed E-state index contributed by atoms with van der Waals surface area (Å²) < 4.78 is 10.5. The smallest absolute Gasteiger partial charge is 0.242 e. The molecule has 0 amide bonds. The fraction of sp³-hybridized carbons (Fsp3) is 0.667. The largest absolute Gasteiger partial charge is 0.476 e. The van der Waals surface area contributed by atoms with E-state index in [0.717, 1.165) is 12.8 Å². The number of anilines is 2. The van der Waals surface area contributed by atoms with Crippen LogP contribution in [0.5, 0.6) is 5.88 Å². The number of nitrogens with two attached hydrogens (primary N) is 1. The van der Waals surface area contributed by atoms with E-state index < -0.39 is 0 Å². The third-order valence-electron chi connectivity index (χ3n) is 2.36. The Morgan fingerprint density at radius 3 is 2.72 bits per heavy atom. The molecule has 1 heterocycles. The summed E-state index contributed by atoms with van der Waals surface area (Å²) in [5.74, 6) is 1.69. The minimum Gasteiger partial charge on any atom is -0.476 e. The van der Waals surface area contributed by atoms with Crippen LogP contribution in [-0.4, -0.2) is 36.8 Å². The number of aryl methyl sites for hydroxylation is 1. The second kappa shape index (κ2) is 7.71. The molecule has 0 saturated carbocycles. The minimum atomic E-state index is 0.452. The summed E-state index contributed by atoms with van der Waals surface area (Å²) >= 11 is 0. The molecule has 102 valence electrons. The standard InChI is InChI=1S/C12H22N4O2/c1-4-5-7-18-12-10(13)11(14-6-8-17-3)15-9(2)16-12/h4-8,13H2,1-3H3,(H,14,15,16). The predicted molar refractivity (Wildman–Crippen MR) is 72.0 cm³/mol. The second-order valence-electron chi connectivity index (χ2n) is 3.96. The van der Waals surface area contributed by atoms with E-state index in [4.69, 9.17) is 15.2 Å². The molecule has 3 N–H and O–H groups in total. The molecular formula is C12H22N4O2. The molecule has 0 aliphatic carbocycles. The lowest BCUT2D eigenvalue weighted by Gasteiger charge is -2.12. The van der Waals surface area contributed by atoms with Crippen LogP contribution in [0.2, 0.25) is 0 Å². The van der Waals surface area contributed by atoms with E-state index in [1.807, 2.05) is 6.92 Å². The van der Waals surface area contributed by atoms with Gasteiger partial charge in [-0.15, -0.1) is 0 Å². The number of nitrogen functional groups attached to an aromatic ring is 1. The maximum absolute atomic E-state index is 5.96. The zero-order chi connectivity index (χ0) is 13.4. The molecule has 6 heteroatoms. The van der Waals surface area contributed by atoms with E-state index in [1.165, 1.54) is 0 Å². The van der Waals surface area contributed by atoms with Gasteiger partial charge in [-0.2, -0.15) is 4.98 Å². The Hall–Kier alpha value is -1.56. The summed E-state index contributed by atoms with van der Waals surface area (Å²) in [7, 11) is 1.65. The van der Waals surface area contributed by atoms with Gasteiger partial charge in [0.25, 0.3) is 0 Å². The molecule has 0 atom stereocenters. The summed E-state index contributed by atoms with van der Waals surface area (Å²) in [4.78, 5) is 8.45. The summed E-state index contributed by atoms with van der Waals surface area (Å²) in [6.45, 7) is 5.78. The highest BCUT2D eigenvalue weighted by Gasteiger charge is 2.10. The SMILES string of the molecule is CCCCOc1nc(C)nc(NCCOC)c1N. The van der Waals surface area contributed by atoms with Gasteiger partial charge in [-0.05, 0) is 13.3 Å². The summed E-state index contributed by atoms with van der Waals surface area (Å²) in [6, 6.07) is 0. The second-order valence-corrected chi connectivity index (χ2v) is 3.96. The van der Waals surface area contributed by atoms with Crippen molar-refractivity contribution in [2.45, 2.75) is 26.7 Å². The fourth-order valence-electron chi connectivity index (χ4n) is 1.38. The van der Waals surface area contributed by atoms with Gasteiger partial charge in [-0.3, -0.25) is 0 Å². The molecule has 0 bridgehead atoms. The number of unbranched alkanes of at least 4 members (excludes halogenated alkanes) is 1. The number of hydrogen-bond acceptors (Lipinski definition) is 6. The summed E-state index contributed by atoms with van der Waals surface area (Å²) in [5, 5.41) is 3.10. The number of nitrogens with one attached hydrogen (secondary N) is 1. The first kappa shape index (κ1) is 14.5. The Morgan fingerprint density at radius 1 is 1.28 bits per heavy atom. The van der Waals surface area contributed by atoms with Crippen LogP contribution in [0.15, 0.2) is 0 Å². The molecule has 1 aromatic rings. The Morgan fingerprint density at radius 2 is 2.06 bits per heavy atom. The number of aromatic nitrogens is 2. The van der Waals surface area contributed by atoms with E-state index in [9.17, 15) is 0 Å². The average molecular weight is 254 g/mol. The van der Waals surface area contributed by atoms with Crippen molar-refractivity contribution in [2.24, 2.45) is 0 Å². The molecule has 0 radical (unpaired) electrons. The van der Waals surface area contributed by atoms with Gasteiger partial charge >= 0.3 is 0 Å². The molecule has 0 spiro atoms. The first-order chi connectivity index (χ1) is 8.69. The Labute approximate surface area is 108 Å². The van der Waals surface area contributed by atoms with Gasteiger partial charge in [0.05, 0.1) is 13.2 Å². The van der Waals surface area contributed by atoms with Crippen LogP contribution >= 0.6 is 0 Å². The number of hydrogen-bond donors (Lipinski definition) is 2. The molecule has 0 unspecified atom stereocenters. The molecule has 0 aliphatic heterocycles. The first-order valence-electron chi connectivity index (χ1n) is 6.18. The lowest BCUT2D eigenvalue weighted by molar-refractivity contribution is 0.210. The summed E-state index contributed by atoms with van der Waals surface area (Å²) in [5.41, 5.74) is 6.42. The van der Waals surface area contributed by atoms with Crippen molar-refractivity contribution in [1.82, 2.24) is 9.97 Å². The van der Waals surface area contributed by atoms with Gasteiger partial charge in [-0.25, -0.2) is 4.98 Å². The van der Waals surface area contributed by atoms with Crippen LogP contribution in [-0.2, 0) is 4.74 Å². The van der Waals surface area contributed by atoms with E-state index in [1.54, 1.807) is 7.11 Å². The molecular weight excluding hydrogens is 232 g/mol. The quantitative estimate of drug-likeness (QED) is 0.686. The summed E-state index contributed by atoms with van der Waals surface area (Å²) in [6.07, 6.45) is 2.05. The lowest BCUT2D eigenvalue weighted by Crippen LogP contribution is -2.13. The topological polar surface area (TPSA) is 82.3 Å². The Kier molecular flexibility index (Phi) is 6.21. The van der Waals surface area contributed by atoms with Crippen molar-refractivity contribution >= 4 is 11.5 Å². The van der Waals surface area contributed by atoms with Crippen LogP contribution in [0, 0.1) is 6.92 Å². The van der Waals surface area contributed by atoms with Gasteiger partial charge in [0, 0.05) is 13.7 Å². The van der Waals surface area contributed by atoms with Crippen LogP contribution < -0.4 is 15.8 Å². The first-order valence-corrected chi connectivity index (χ1v) is 6.18. The Bertz CT molecular complexity index is 340. The predicted octanol–water partition coefficient (Wildman–Crippen LogP) is 1.60. The van der Waals surface area contributed by atoms with Crippen molar-refractivity contribution in [3.05, 3.63) is 5.82 Å². The highest BCUT2D eigenvalue weighted by Crippen LogP contribution is 2.25. The third-order valence-corrected chi connectivity index (χ3v) is 2.36. The van der Waals surface area contributed by atoms with Crippen LogP contribution in [0.1, 0.15) is 25.6 Å². The molecule has 0 fully saturated rings. The van der Waals surface area contributed by atoms with Crippen molar-refractivity contribution in [3.8, 4) is 5.88 Å². The normalized spacial score (nSPS) is 10.4. The maximum atomic E-state index is 5.96. The van der Waals surface area contributed by atoms with Gasteiger partial charge in [0.1, 0.15) is 11.5 Å². The average Bonchev–Trinajstić information content (AvgIpc) is 2.35. The van der Waals surface area contributed by atoms with E-state index >= 15 is 0 Å². The van der Waals surface area contributed by atoms with Crippen molar-refractivity contribution in [3.63, 3.8) is 0 Å². The highest BCUT2D eigenvalue weighted by molar-refractivity contribution is 5.66. The number of rotatable bonds is 8. The van der Waals surface area contributed by atoms with Crippen LogP contribution in [0.4, 0.5) is 11.5 Å². The van der Waals surface area contributed by atoms with Crippen LogP contribution in [0.25, 0.3) is 0 Å². The van der Waals surface area contributed by atoms with Gasteiger partial charge in [-0.1, -0.05) is 13.3 Å². The maximum Gasteiger partial charge on any atom is 0.242 e. The van der Waals surface area contributed by atoms with Gasteiger partial charge in [0.2, 0.25) is 5.88 Å². The molecule has 0 aromatic carbocycles. The number of nitrogens with zero attached hydrogens (tertiary/aromatic N) is 2. The minimum absolute atomic E-state index is 0.452. The van der Waals surface area contributed by atoms with Crippen molar-refractivity contribution in [2.75, 3.05) is 37.9 Å². The monoisotopic (exact) mass is 254 g/mol. The van der Waals surface area contributed by atoms with Crippen molar-refractivity contribution in [1.29, 1.82) is 0 Å². The molecule has 0 saturated heterocycles. The Balaban J connectivity index is 2.71. The van der Waals surface area contributed by atoms with Crippen molar-refractivity contribution < 1.29 is 9.47 Å². The fourth-order valence-corrected chi connectivity index (χ4v) is 1.38. The number of ether oxygens (including phenoxy) is 2. The molecule has 18 heavy (non-hydrogen) atoms. The molecule has 0 aliphatic rings. The third kappa shape index (κ3) is 4.37. The zero-order valence-corrected chi connectivity index (χ0v) is 11.3. The lowest BCUT2D eigenvalue weighted by atomic mass is 10.3. The van der Waals surface area contributed by atoms with E-state index in [2.05, 4.69) is 22.2 Å². The van der Waals surface area contributed by atoms with Crippen LogP contribution in [0.3, 0.4) is 0 Å². The highest BCUT2D eigenvalue weighted by atomic mass is 16.5. The molecule has 1 rings (SSSR count).